The highest BCUT2D eigenvalue weighted by atomic mass is 32.2. The number of sulfone groups is 1. The third kappa shape index (κ3) is 8.99. The predicted octanol–water partition coefficient (Wildman–Crippen LogP) is 3.43. The topological polar surface area (TPSA) is 171 Å². The fourth-order valence-corrected chi connectivity index (χ4v) is 9.41. The molecule has 4 aliphatic rings. The summed E-state index contributed by atoms with van der Waals surface area (Å²) in [5.74, 6) is -2.71. The molecule has 0 radical (unpaired) electrons. The summed E-state index contributed by atoms with van der Waals surface area (Å²) in [5, 5.41) is 10.9. The van der Waals surface area contributed by atoms with Crippen molar-refractivity contribution in [1.82, 2.24) is 26.2 Å². The largest absolute Gasteiger partial charge is 0.347 e. The Hall–Kier alpha value is -2.77. The number of halogens is 1. The number of hydrogen-bond acceptors (Lipinski definition) is 7. The van der Waals surface area contributed by atoms with Gasteiger partial charge in [0.05, 0.1) is 22.1 Å². The Bertz CT molecular complexity index is 1430. The number of rotatable bonds is 14. The van der Waals surface area contributed by atoms with E-state index in [-0.39, 0.29) is 42.5 Å². The highest BCUT2D eigenvalue weighted by molar-refractivity contribution is 7.92. The van der Waals surface area contributed by atoms with E-state index in [4.69, 9.17) is 0 Å². The zero-order valence-electron chi connectivity index (χ0n) is 31.2. The first-order valence-corrected chi connectivity index (χ1v) is 20.0. The number of urea groups is 1. The van der Waals surface area contributed by atoms with E-state index in [1.54, 1.807) is 20.8 Å². The van der Waals surface area contributed by atoms with Gasteiger partial charge in [0.25, 0.3) is 5.91 Å². The number of nitrogens with zero attached hydrogens (tertiary/aromatic N) is 1. The van der Waals surface area contributed by atoms with Gasteiger partial charge in [0.1, 0.15) is 18.8 Å². The number of Topliss-reactive ketones (excluding diaryl/α,β-unsaturated/α-hetero) is 1. The van der Waals surface area contributed by atoms with Gasteiger partial charge in [-0.15, -0.1) is 0 Å². The summed E-state index contributed by atoms with van der Waals surface area (Å²) >= 11 is 0. The molecular formula is C36H60FN5O7S. The van der Waals surface area contributed by atoms with Gasteiger partial charge in [-0.3, -0.25) is 19.2 Å². The summed E-state index contributed by atoms with van der Waals surface area (Å²) < 4.78 is 38.3. The van der Waals surface area contributed by atoms with E-state index < -0.39 is 79.9 Å². The molecule has 284 valence electrons. The molecule has 0 spiro atoms. The molecule has 4 N–H and O–H groups in total. The Kier molecular flexibility index (Phi) is 11.8. The van der Waals surface area contributed by atoms with Crippen LogP contribution in [0.5, 0.6) is 0 Å². The number of hydrogen-bond donors (Lipinski definition) is 4. The van der Waals surface area contributed by atoms with Gasteiger partial charge >= 0.3 is 6.03 Å². The first-order valence-electron chi connectivity index (χ1n) is 18.3. The standard InChI is InChI=1S/C36H60FN5O7S/c1-33(2,3)28(40-32(47)41-36(16-10-9-11-17-36)21-50(48,49)34(4,5)6)31(46)42-20-23-25(35(23,7)8)26(42)29(44)39-24(15-14-22-12-13-22)27(43)30(45)38-19-18-37/h22-26,28H,9-21H2,1-8H3,(H,38,45)(H,39,44)(H2,40,41,47)/t23-,24-,25-,26-,28+/m0/s1. The molecule has 1 saturated heterocycles. The summed E-state index contributed by atoms with van der Waals surface area (Å²) in [6.45, 7) is 13.6. The average Bonchev–Trinajstić information content (AvgIpc) is 3.87. The Labute approximate surface area is 297 Å². The number of amides is 5. The maximum atomic E-state index is 14.5. The van der Waals surface area contributed by atoms with Crippen LogP contribution in [-0.2, 0) is 29.0 Å². The summed E-state index contributed by atoms with van der Waals surface area (Å²) in [6.07, 6.45) is 6.44. The van der Waals surface area contributed by atoms with Crippen molar-refractivity contribution in [3.05, 3.63) is 0 Å². The van der Waals surface area contributed by atoms with Crippen molar-refractivity contribution in [3.63, 3.8) is 0 Å². The van der Waals surface area contributed by atoms with Gasteiger partial charge in [-0.2, -0.15) is 0 Å². The van der Waals surface area contributed by atoms with Crippen LogP contribution in [0, 0.1) is 28.6 Å². The van der Waals surface area contributed by atoms with Crippen LogP contribution in [0.4, 0.5) is 9.18 Å². The third-order valence-electron chi connectivity index (χ3n) is 11.5. The van der Waals surface area contributed by atoms with Crippen molar-refractivity contribution in [1.29, 1.82) is 0 Å². The number of piperidine rings is 1. The van der Waals surface area contributed by atoms with Crippen LogP contribution in [0.2, 0.25) is 0 Å². The van der Waals surface area contributed by atoms with E-state index in [2.05, 4.69) is 21.3 Å². The van der Waals surface area contributed by atoms with Crippen molar-refractivity contribution < 1.29 is 36.8 Å². The Morgan fingerprint density at radius 1 is 0.940 bits per heavy atom. The van der Waals surface area contributed by atoms with E-state index in [0.29, 0.717) is 25.2 Å². The maximum Gasteiger partial charge on any atom is 0.315 e. The van der Waals surface area contributed by atoms with Crippen LogP contribution in [0.15, 0.2) is 0 Å². The molecule has 12 nitrogen and oxygen atoms in total. The molecule has 1 heterocycles. The van der Waals surface area contributed by atoms with Crippen molar-refractivity contribution >= 4 is 39.4 Å². The minimum absolute atomic E-state index is 0.0261. The molecule has 0 aromatic carbocycles. The lowest BCUT2D eigenvalue weighted by Gasteiger charge is -2.41. The number of carbonyl (C=O) groups is 5. The van der Waals surface area contributed by atoms with Crippen LogP contribution in [0.25, 0.3) is 0 Å². The number of fused-ring (bicyclic) bond motifs is 1. The molecule has 0 bridgehead atoms. The predicted molar refractivity (Wildman–Crippen MR) is 188 cm³/mol. The van der Waals surface area contributed by atoms with Crippen LogP contribution >= 0.6 is 0 Å². The van der Waals surface area contributed by atoms with Crippen molar-refractivity contribution in [2.24, 2.45) is 28.6 Å². The monoisotopic (exact) mass is 725 g/mol. The third-order valence-corrected chi connectivity index (χ3v) is 14.3. The second-order valence-electron chi connectivity index (χ2n) is 17.9. The fourth-order valence-electron chi connectivity index (χ4n) is 7.89. The summed E-state index contributed by atoms with van der Waals surface area (Å²) in [4.78, 5) is 69.5. The van der Waals surface area contributed by atoms with Crippen molar-refractivity contribution in [2.75, 3.05) is 25.5 Å². The van der Waals surface area contributed by atoms with E-state index in [1.165, 1.54) is 4.90 Å². The van der Waals surface area contributed by atoms with Gasteiger partial charge in [0.15, 0.2) is 9.84 Å². The molecule has 4 fully saturated rings. The molecule has 0 aromatic rings. The minimum atomic E-state index is -3.58. The van der Waals surface area contributed by atoms with Gasteiger partial charge < -0.3 is 26.2 Å². The molecule has 14 heteroatoms. The van der Waals surface area contributed by atoms with Gasteiger partial charge in [0, 0.05) is 13.1 Å². The smallest absolute Gasteiger partial charge is 0.315 e. The molecule has 5 amide bonds. The summed E-state index contributed by atoms with van der Waals surface area (Å²) in [7, 11) is -3.58. The first kappa shape index (κ1) is 40.0. The second-order valence-corrected chi connectivity index (χ2v) is 20.6. The molecule has 1 aliphatic heterocycles. The van der Waals surface area contributed by atoms with E-state index in [1.807, 2.05) is 34.6 Å². The quantitative estimate of drug-likeness (QED) is 0.199. The number of alkyl halides is 1. The van der Waals surface area contributed by atoms with Gasteiger partial charge in [-0.05, 0) is 75.0 Å². The summed E-state index contributed by atoms with van der Waals surface area (Å²) in [5.41, 5.74) is -1.99. The maximum absolute atomic E-state index is 14.5. The first-order chi connectivity index (χ1) is 23.0. The average molecular weight is 726 g/mol. The highest BCUT2D eigenvalue weighted by Gasteiger charge is 2.70. The molecule has 3 saturated carbocycles. The lowest BCUT2D eigenvalue weighted by Crippen LogP contribution is -2.64. The lowest BCUT2D eigenvalue weighted by molar-refractivity contribution is -0.145. The lowest BCUT2D eigenvalue weighted by atomic mass is 9.83. The molecule has 0 unspecified atom stereocenters. The Balaban J connectivity index is 1.54. The van der Waals surface area contributed by atoms with E-state index in [0.717, 1.165) is 32.1 Å². The fraction of sp³-hybridized carbons (Fsp3) is 0.861. The van der Waals surface area contributed by atoms with Crippen LogP contribution in [-0.4, -0.2) is 96.8 Å². The Morgan fingerprint density at radius 2 is 1.56 bits per heavy atom. The highest BCUT2D eigenvalue weighted by Crippen LogP contribution is 2.65. The number of ketones is 1. The number of carbonyl (C=O) groups excluding carboxylic acids is 5. The second kappa shape index (κ2) is 14.7. The van der Waals surface area contributed by atoms with Crippen molar-refractivity contribution in [2.45, 2.75) is 142 Å². The number of likely N-dealkylation sites (tertiary alicyclic amines) is 1. The van der Waals surface area contributed by atoms with E-state index in [9.17, 15) is 36.8 Å². The zero-order chi connectivity index (χ0) is 37.4. The Morgan fingerprint density at radius 3 is 2.10 bits per heavy atom. The normalized spacial score (nSPS) is 25.5. The molecule has 5 atom stereocenters. The molecule has 4 rings (SSSR count). The zero-order valence-corrected chi connectivity index (χ0v) is 32.1. The van der Waals surface area contributed by atoms with Crippen molar-refractivity contribution in [3.8, 4) is 0 Å². The molecule has 50 heavy (non-hydrogen) atoms. The van der Waals surface area contributed by atoms with Crippen LogP contribution < -0.4 is 21.3 Å². The van der Waals surface area contributed by atoms with E-state index >= 15 is 0 Å². The van der Waals surface area contributed by atoms with Crippen LogP contribution in [0.3, 0.4) is 0 Å². The number of nitrogens with one attached hydrogen (secondary N) is 4. The molecule has 0 aromatic heterocycles. The molecule has 3 aliphatic carbocycles. The summed E-state index contributed by atoms with van der Waals surface area (Å²) in [6, 6.07) is -3.74. The van der Waals surface area contributed by atoms with Crippen LogP contribution in [0.1, 0.15) is 113 Å². The minimum Gasteiger partial charge on any atom is -0.347 e. The van der Waals surface area contributed by atoms with Gasteiger partial charge in [-0.25, -0.2) is 17.6 Å². The van der Waals surface area contributed by atoms with Gasteiger partial charge in [-0.1, -0.05) is 66.7 Å². The SMILES string of the molecule is CC(C)(C)[C@H](NC(=O)NC1(CS(=O)(=O)C(C)(C)C)CCCCC1)C(=O)N1C[C@H]2[C@@H]([C@H]1C(=O)N[C@@H](CCC1CC1)C(=O)C(=O)NCCF)C2(C)C. The molecular weight excluding hydrogens is 665 g/mol. The van der Waals surface area contributed by atoms with Gasteiger partial charge in [0.2, 0.25) is 17.6 Å².